The lowest BCUT2D eigenvalue weighted by molar-refractivity contribution is -0.137. The molecule has 0 aliphatic rings. The van der Waals surface area contributed by atoms with Gasteiger partial charge in [0, 0.05) is 11.3 Å². The van der Waals surface area contributed by atoms with Gasteiger partial charge in [0.1, 0.15) is 6.04 Å². The average Bonchev–Trinajstić information content (AvgIpc) is 2.74. The van der Waals surface area contributed by atoms with Gasteiger partial charge in [-0.25, -0.2) is 4.85 Å². The van der Waals surface area contributed by atoms with Gasteiger partial charge in [-0.1, -0.05) is 6.07 Å². The summed E-state index contributed by atoms with van der Waals surface area (Å²) in [7, 11) is 0. The van der Waals surface area contributed by atoms with E-state index in [2.05, 4.69) is 21.0 Å². The van der Waals surface area contributed by atoms with E-state index < -0.39 is 41.4 Å². The first-order valence-corrected chi connectivity index (χ1v) is 9.12. The fourth-order valence-electron chi connectivity index (χ4n) is 2.84. The Bertz CT molecular complexity index is 1100. The smallest absolute Gasteiger partial charge is 0.391 e. The number of nitrogens with zero attached hydrogens (tertiary/aromatic N) is 2. The molecule has 166 valence electrons. The van der Waals surface area contributed by atoms with E-state index in [1.807, 2.05) is 6.07 Å². The van der Waals surface area contributed by atoms with Crippen LogP contribution in [0.4, 0.5) is 24.5 Å². The minimum Gasteiger partial charge on any atom is -0.391 e. The third-order valence-corrected chi connectivity index (χ3v) is 4.50. The minimum absolute atomic E-state index is 0.107. The first kappa shape index (κ1) is 24.2. The number of hydrazine groups is 1. The van der Waals surface area contributed by atoms with E-state index in [4.69, 9.17) is 11.8 Å². The number of rotatable bonds is 5. The number of benzene rings is 2. The topological polar surface area (TPSA) is 119 Å². The van der Waals surface area contributed by atoms with Crippen molar-refractivity contribution in [1.82, 2.24) is 10.9 Å². The molecule has 0 spiro atoms. The van der Waals surface area contributed by atoms with E-state index in [1.165, 1.54) is 37.3 Å². The lowest BCUT2D eigenvalue weighted by Crippen LogP contribution is -2.52. The number of halogens is 3. The SMILES string of the molecule is [C-]#[N+]c1ccc(N[C@@H](C(=O)NNC(=O)c2ccc(C#N)cc2)[C@@H](C)O)c(C)c1C(F)(F)F. The van der Waals surface area contributed by atoms with E-state index in [0.717, 1.165) is 13.0 Å². The normalized spacial score (nSPS) is 12.6. The number of amides is 2. The highest BCUT2D eigenvalue weighted by Gasteiger charge is 2.36. The first-order chi connectivity index (χ1) is 15.0. The van der Waals surface area contributed by atoms with Crippen LogP contribution in [-0.4, -0.2) is 29.1 Å². The monoisotopic (exact) mass is 445 g/mol. The summed E-state index contributed by atoms with van der Waals surface area (Å²) in [5.74, 6) is -1.62. The van der Waals surface area contributed by atoms with Gasteiger partial charge in [0.05, 0.1) is 29.9 Å². The molecule has 0 bridgehead atoms. The Morgan fingerprint density at radius 3 is 2.28 bits per heavy atom. The number of carbonyl (C=O) groups excluding carboxylic acids is 2. The number of hydrogen-bond acceptors (Lipinski definition) is 5. The van der Waals surface area contributed by atoms with Gasteiger partial charge in [0.15, 0.2) is 5.69 Å². The molecule has 8 nitrogen and oxygen atoms in total. The number of hydrogen-bond donors (Lipinski definition) is 4. The van der Waals surface area contributed by atoms with Crippen LogP contribution in [-0.2, 0) is 11.0 Å². The van der Waals surface area contributed by atoms with Gasteiger partial charge in [0.2, 0.25) is 0 Å². The maximum atomic E-state index is 13.4. The van der Waals surface area contributed by atoms with Crippen molar-refractivity contribution in [3.8, 4) is 6.07 Å². The van der Waals surface area contributed by atoms with Crippen molar-refractivity contribution in [3.63, 3.8) is 0 Å². The highest BCUT2D eigenvalue weighted by molar-refractivity contribution is 5.96. The van der Waals surface area contributed by atoms with E-state index >= 15 is 0 Å². The summed E-state index contributed by atoms with van der Waals surface area (Å²) in [6.45, 7) is 9.33. The molecule has 32 heavy (non-hydrogen) atoms. The Morgan fingerprint density at radius 1 is 1.16 bits per heavy atom. The Labute approximate surface area is 181 Å². The number of nitriles is 1. The Morgan fingerprint density at radius 2 is 1.78 bits per heavy atom. The number of aliphatic hydroxyl groups excluding tert-OH is 1. The molecule has 2 rings (SSSR count). The van der Waals surface area contributed by atoms with Crippen molar-refractivity contribution < 1.29 is 27.9 Å². The Balaban J connectivity index is 2.18. The summed E-state index contributed by atoms with van der Waals surface area (Å²) in [5.41, 5.74) is 2.56. The fourth-order valence-corrected chi connectivity index (χ4v) is 2.84. The number of nitrogens with one attached hydrogen (secondary N) is 3. The molecule has 2 amide bonds. The molecule has 0 heterocycles. The Kier molecular flexibility index (Phi) is 7.41. The average molecular weight is 445 g/mol. The molecule has 0 aromatic heterocycles. The van der Waals surface area contributed by atoms with E-state index in [1.54, 1.807) is 0 Å². The lowest BCUT2D eigenvalue weighted by atomic mass is 10.0. The summed E-state index contributed by atoms with van der Waals surface area (Å²) < 4.78 is 40.2. The lowest BCUT2D eigenvalue weighted by Gasteiger charge is -2.24. The van der Waals surface area contributed by atoms with E-state index in [-0.39, 0.29) is 16.8 Å². The van der Waals surface area contributed by atoms with Crippen LogP contribution in [0.25, 0.3) is 4.85 Å². The zero-order chi connectivity index (χ0) is 24.1. The zero-order valence-corrected chi connectivity index (χ0v) is 16.9. The van der Waals surface area contributed by atoms with Crippen LogP contribution in [0.3, 0.4) is 0 Å². The second kappa shape index (κ2) is 9.81. The molecule has 0 radical (unpaired) electrons. The van der Waals surface area contributed by atoms with Crippen LogP contribution >= 0.6 is 0 Å². The van der Waals surface area contributed by atoms with Crippen molar-refractivity contribution in [3.05, 3.63) is 70.1 Å². The highest BCUT2D eigenvalue weighted by Crippen LogP contribution is 2.41. The van der Waals surface area contributed by atoms with E-state index in [9.17, 15) is 27.9 Å². The van der Waals surface area contributed by atoms with Crippen LogP contribution in [0.1, 0.15) is 34.0 Å². The van der Waals surface area contributed by atoms with Crippen LogP contribution in [0.5, 0.6) is 0 Å². The molecule has 0 saturated carbocycles. The predicted octanol–water partition coefficient (Wildman–Crippen LogP) is 3.06. The van der Waals surface area contributed by atoms with Gasteiger partial charge in [-0.3, -0.25) is 20.4 Å². The van der Waals surface area contributed by atoms with Gasteiger partial charge in [0.25, 0.3) is 11.8 Å². The summed E-state index contributed by atoms with van der Waals surface area (Å²) in [4.78, 5) is 27.5. The summed E-state index contributed by atoms with van der Waals surface area (Å²) in [6, 6.07) is 8.19. The molecule has 0 fully saturated rings. The van der Waals surface area contributed by atoms with Gasteiger partial charge >= 0.3 is 6.18 Å². The van der Waals surface area contributed by atoms with Crippen molar-refractivity contribution in [2.45, 2.75) is 32.2 Å². The summed E-state index contributed by atoms with van der Waals surface area (Å²) in [6.07, 6.45) is -6.14. The molecule has 4 N–H and O–H groups in total. The van der Waals surface area contributed by atoms with Crippen LogP contribution in [0, 0.1) is 24.8 Å². The maximum Gasteiger partial charge on any atom is 0.407 e. The quantitative estimate of drug-likeness (QED) is 0.417. The standard InChI is InChI=1S/C21H18F3N5O3/c1-11-15(8-9-16(26-3)17(11)21(22,23)24)27-18(12(2)30)20(32)29-28-19(31)14-6-4-13(10-25)5-7-14/h4-9,12,18,27,30H,1-2H3,(H,28,31)(H,29,32)/t12-,18-/m1/s1. The second-order valence-corrected chi connectivity index (χ2v) is 6.74. The molecular formula is C21H18F3N5O3. The molecule has 2 atom stereocenters. The third-order valence-electron chi connectivity index (χ3n) is 4.50. The van der Waals surface area contributed by atoms with Gasteiger partial charge < -0.3 is 10.4 Å². The summed E-state index contributed by atoms with van der Waals surface area (Å²) >= 11 is 0. The van der Waals surface area contributed by atoms with Gasteiger partial charge in [-0.2, -0.15) is 18.4 Å². The Hall–Kier alpha value is -4.09. The second-order valence-electron chi connectivity index (χ2n) is 6.74. The number of anilines is 1. The van der Waals surface area contributed by atoms with Gasteiger partial charge in [-0.05, 0) is 49.7 Å². The molecule has 2 aromatic rings. The van der Waals surface area contributed by atoms with Gasteiger partial charge in [-0.15, -0.1) is 0 Å². The van der Waals surface area contributed by atoms with Crippen LogP contribution in [0.15, 0.2) is 36.4 Å². The molecule has 0 unspecified atom stereocenters. The highest BCUT2D eigenvalue weighted by atomic mass is 19.4. The largest absolute Gasteiger partial charge is 0.407 e. The molecule has 0 saturated heterocycles. The third kappa shape index (κ3) is 5.53. The number of carbonyl (C=O) groups is 2. The number of alkyl halides is 3. The molecule has 0 aliphatic heterocycles. The van der Waals surface area contributed by atoms with Crippen LogP contribution in [0.2, 0.25) is 0 Å². The zero-order valence-electron chi connectivity index (χ0n) is 16.9. The minimum atomic E-state index is -4.79. The molecule has 0 aliphatic carbocycles. The predicted molar refractivity (Wildman–Crippen MR) is 108 cm³/mol. The number of aliphatic hydroxyl groups is 1. The fraction of sp³-hybridized carbons (Fsp3) is 0.238. The van der Waals surface area contributed by atoms with Crippen molar-refractivity contribution in [2.24, 2.45) is 0 Å². The molecular weight excluding hydrogens is 427 g/mol. The van der Waals surface area contributed by atoms with Crippen molar-refractivity contribution in [2.75, 3.05) is 5.32 Å². The maximum absolute atomic E-state index is 13.4. The van der Waals surface area contributed by atoms with Crippen molar-refractivity contribution in [1.29, 1.82) is 5.26 Å². The molecule has 11 heteroatoms. The molecule has 2 aromatic carbocycles. The first-order valence-electron chi connectivity index (χ1n) is 9.12. The van der Waals surface area contributed by atoms with Crippen LogP contribution < -0.4 is 16.2 Å². The van der Waals surface area contributed by atoms with Crippen molar-refractivity contribution >= 4 is 23.2 Å². The van der Waals surface area contributed by atoms with E-state index in [0.29, 0.717) is 5.56 Å². The summed E-state index contributed by atoms with van der Waals surface area (Å²) in [5, 5.41) is 21.3.